The molecule has 1 aliphatic rings. The van der Waals surface area contributed by atoms with Gasteiger partial charge in [-0.05, 0) is 45.0 Å². The number of anilines is 2. The van der Waals surface area contributed by atoms with Crippen LogP contribution in [0.2, 0.25) is 0 Å². The summed E-state index contributed by atoms with van der Waals surface area (Å²) in [6, 6.07) is 10.9. The van der Waals surface area contributed by atoms with Crippen LogP contribution in [0.25, 0.3) is 0 Å². The normalized spacial score (nSPS) is 12.3. The third-order valence-corrected chi connectivity index (χ3v) is 5.02. The summed E-state index contributed by atoms with van der Waals surface area (Å²) in [7, 11) is 3.23. The van der Waals surface area contributed by atoms with Crippen LogP contribution in [0.15, 0.2) is 34.1 Å². The van der Waals surface area contributed by atoms with E-state index >= 15 is 0 Å². The van der Waals surface area contributed by atoms with Gasteiger partial charge in [0.2, 0.25) is 0 Å². The number of alkyl carbamates (subject to hydrolysis) is 1. The minimum Gasteiger partial charge on any atom is -0.496 e. The van der Waals surface area contributed by atoms with Crippen molar-refractivity contribution in [3.05, 3.63) is 35.9 Å². The maximum Gasteiger partial charge on any atom is 0.407 e. The highest BCUT2D eigenvalue weighted by atomic mass is 32.2. The third-order valence-electron chi connectivity index (χ3n) is 3.82. The van der Waals surface area contributed by atoms with E-state index in [2.05, 4.69) is 16.7 Å². The van der Waals surface area contributed by atoms with Crippen LogP contribution in [0.1, 0.15) is 26.3 Å². The number of methoxy groups -OCH3 is 2. The van der Waals surface area contributed by atoms with Crippen LogP contribution in [0.4, 0.5) is 16.2 Å². The van der Waals surface area contributed by atoms with Crippen LogP contribution in [0, 0.1) is 6.07 Å². The van der Waals surface area contributed by atoms with Crippen molar-refractivity contribution in [2.75, 3.05) is 19.5 Å². The standard InChI is InChI=1S/C20H23N2O4S/c1-20(2,3)26-19(23)21-11-13-16(25-5)9-8-15-18(13)27-17-10-12(24-4)6-7-14(17)22-15/h6-9,22H,11H2,1-5H3,(H,21,23). The Kier molecular flexibility index (Phi) is 5.41. The van der Waals surface area contributed by atoms with Crippen molar-refractivity contribution in [2.45, 2.75) is 42.7 Å². The lowest BCUT2D eigenvalue weighted by Crippen LogP contribution is -2.32. The Morgan fingerprint density at radius 2 is 1.89 bits per heavy atom. The fourth-order valence-electron chi connectivity index (χ4n) is 2.66. The first-order valence-electron chi connectivity index (χ1n) is 8.52. The van der Waals surface area contributed by atoms with Crippen molar-refractivity contribution in [3.63, 3.8) is 0 Å². The minimum absolute atomic E-state index is 0.287. The molecule has 6 nitrogen and oxygen atoms in total. The van der Waals surface area contributed by atoms with Crippen LogP contribution in [0.5, 0.6) is 11.5 Å². The van der Waals surface area contributed by atoms with Crippen molar-refractivity contribution in [1.29, 1.82) is 0 Å². The topological polar surface area (TPSA) is 68.8 Å². The number of rotatable bonds is 4. The number of hydrogen-bond donors (Lipinski definition) is 2. The van der Waals surface area contributed by atoms with Crippen molar-refractivity contribution in [3.8, 4) is 11.5 Å². The predicted octanol–water partition coefficient (Wildman–Crippen LogP) is 4.74. The van der Waals surface area contributed by atoms with E-state index in [0.717, 1.165) is 26.7 Å². The first-order chi connectivity index (χ1) is 12.8. The number of carbonyl (C=O) groups excluding carboxylic acids is 1. The van der Waals surface area contributed by atoms with Gasteiger partial charge >= 0.3 is 6.09 Å². The van der Waals surface area contributed by atoms with Gasteiger partial charge in [-0.2, -0.15) is 0 Å². The molecule has 1 heterocycles. The summed E-state index contributed by atoms with van der Waals surface area (Å²) in [5.74, 6) is 1.37. The van der Waals surface area contributed by atoms with Gasteiger partial charge in [-0.1, -0.05) is 11.8 Å². The smallest absolute Gasteiger partial charge is 0.407 e. The summed E-state index contributed by atoms with van der Waals surface area (Å²) in [6.07, 6.45) is -0.468. The van der Waals surface area contributed by atoms with Gasteiger partial charge in [0.1, 0.15) is 17.1 Å². The Balaban J connectivity index is 1.88. The van der Waals surface area contributed by atoms with E-state index in [1.54, 1.807) is 26.0 Å². The SMILES string of the molecule is COc1[c]c2c(cc1)Nc1ccc(OC)c(CNC(=O)OC(C)(C)C)c1S2. The Labute approximate surface area is 163 Å². The fourth-order valence-corrected chi connectivity index (χ4v) is 3.77. The molecule has 143 valence electrons. The summed E-state index contributed by atoms with van der Waals surface area (Å²) < 4.78 is 16.1. The molecule has 0 aliphatic carbocycles. The molecule has 0 saturated heterocycles. The number of hydrogen-bond acceptors (Lipinski definition) is 6. The van der Waals surface area contributed by atoms with E-state index in [1.165, 1.54) is 0 Å². The van der Waals surface area contributed by atoms with Gasteiger partial charge in [-0.3, -0.25) is 0 Å². The highest BCUT2D eigenvalue weighted by molar-refractivity contribution is 7.99. The molecule has 0 atom stereocenters. The molecular formula is C20H23N2O4S. The molecule has 1 aliphatic heterocycles. The van der Waals surface area contributed by atoms with Crippen LogP contribution < -0.4 is 20.1 Å². The van der Waals surface area contributed by atoms with E-state index < -0.39 is 11.7 Å². The molecule has 2 aromatic carbocycles. The van der Waals surface area contributed by atoms with Crippen molar-refractivity contribution in [1.82, 2.24) is 5.32 Å². The van der Waals surface area contributed by atoms with E-state index in [4.69, 9.17) is 14.2 Å². The van der Waals surface area contributed by atoms with E-state index in [9.17, 15) is 4.79 Å². The Bertz CT molecular complexity index is 862. The van der Waals surface area contributed by atoms with Crippen LogP contribution >= 0.6 is 11.8 Å². The second kappa shape index (κ2) is 7.60. The monoisotopic (exact) mass is 387 g/mol. The largest absolute Gasteiger partial charge is 0.496 e. The molecule has 1 radical (unpaired) electrons. The first kappa shape index (κ1) is 19.2. The average Bonchev–Trinajstić information content (AvgIpc) is 2.62. The van der Waals surface area contributed by atoms with Crippen LogP contribution in [-0.2, 0) is 11.3 Å². The van der Waals surface area contributed by atoms with Crippen molar-refractivity contribution < 1.29 is 19.0 Å². The first-order valence-corrected chi connectivity index (χ1v) is 9.34. The second-order valence-electron chi connectivity index (χ2n) is 6.98. The molecule has 0 bridgehead atoms. The van der Waals surface area contributed by atoms with Crippen molar-refractivity contribution in [2.24, 2.45) is 0 Å². The molecule has 0 saturated carbocycles. The van der Waals surface area contributed by atoms with Crippen molar-refractivity contribution >= 4 is 29.2 Å². The van der Waals surface area contributed by atoms with Gasteiger partial charge in [0, 0.05) is 21.4 Å². The Hall–Kier alpha value is -2.54. The Morgan fingerprint density at radius 1 is 1.15 bits per heavy atom. The maximum atomic E-state index is 12.1. The lowest BCUT2D eigenvalue weighted by molar-refractivity contribution is 0.0523. The zero-order valence-corrected chi connectivity index (χ0v) is 16.9. The zero-order valence-electron chi connectivity index (χ0n) is 16.1. The fraction of sp³-hybridized carbons (Fsp3) is 0.350. The molecule has 0 spiro atoms. The van der Waals surface area contributed by atoms with Gasteiger partial charge < -0.3 is 24.8 Å². The molecule has 0 fully saturated rings. The number of carbonyl (C=O) groups is 1. The molecule has 0 unspecified atom stereocenters. The number of amides is 1. The van der Waals surface area contributed by atoms with Gasteiger partial charge in [0.25, 0.3) is 0 Å². The summed E-state index contributed by atoms with van der Waals surface area (Å²) in [6.45, 7) is 5.78. The summed E-state index contributed by atoms with van der Waals surface area (Å²) >= 11 is 1.56. The summed E-state index contributed by atoms with van der Waals surface area (Å²) in [5, 5.41) is 6.21. The molecule has 2 aromatic rings. The molecule has 1 amide bonds. The number of benzene rings is 2. The molecule has 27 heavy (non-hydrogen) atoms. The maximum absolute atomic E-state index is 12.1. The molecular weight excluding hydrogens is 364 g/mol. The molecule has 0 aromatic heterocycles. The van der Waals surface area contributed by atoms with E-state index in [-0.39, 0.29) is 6.54 Å². The van der Waals surface area contributed by atoms with Gasteiger partial charge in [-0.25, -0.2) is 4.79 Å². The molecule has 7 heteroatoms. The van der Waals surface area contributed by atoms with Crippen LogP contribution in [-0.4, -0.2) is 25.9 Å². The van der Waals surface area contributed by atoms with E-state index in [0.29, 0.717) is 11.5 Å². The number of nitrogens with one attached hydrogen (secondary N) is 2. The van der Waals surface area contributed by atoms with Gasteiger partial charge in [0.05, 0.1) is 32.1 Å². The summed E-state index contributed by atoms with van der Waals surface area (Å²) in [4.78, 5) is 14.0. The average molecular weight is 387 g/mol. The summed E-state index contributed by atoms with van der Waals surface area (Å²) in [5.41, 5.74) is 2.24. The molecule has 2 N–H and O–H groups in total. The highest BCUT2D eigenvalue weighted by Gasteiger charge is 2.23. The van der Waals surface area contributed by atoms with Crippen LogP contribution in [0.3, 0.4) is 0 Å². The quantitative estimate of drug-likeness (QED) is 0.674. The molecule has 3 rings (SSSR count). The lowest BCUT2D eigenvalue weighted by Gasteiger charge is -2.25. The number of fused-ring (bicyclic) bond motifs is 2. The van der Waals surface area contributed by atoms with Gasteiger partial charge in [-0.15, -0.1) is 0 Å². The van der Waals surface area contributed by atoms with E-state index in [1.807, 2.05) is 45.0 Å². The Morgan fingerprint density at radius 3 is 2.56 bits per heavy atom. The highest BCUT2D eigenvalue weighted by Crippen LogP contribution is 2.48. The third kappa shape index (κ3) is 4.42. The minimum atomic E-state index is -0.551. The number of ether oxygens (including phenoxy) is 3. The lowest BCUT2D eigenvalue weighted by atomic mass is 10.1. The zero-order chi connectivity index (χ0) is 19.6. The van der Waals surface area contributed by atoms with Gasteiger partial charge in [0.15, 0.2) is 0 Å². The second-order valence-corrected chi connectivity index (χ2v) is 8.00. The predicted molar refractivity (Wildman–Crippen MR) is 105 cm³/mol.